The van der Waals surface area contributed by atoms with Crippen molar-refractivity contribution in [2.45, 2.75) is 18.2 Å². The molecular weight excluding hydrogens is 368 g/mol. The Morgan fingerprint density at radius 2 is 2.04 bits per heavy atom. The van der Waals surface area contributed by atoms with E-state index in [0.717, 1.165) is 16.6 Å². The highest BCUT2D eigenvalue weighted by atomic mass is 35.5. The molecule has 1 aromatic heterocycles. The van der Waals surface area contributed by atoms with Crippen LogP contribution in [0.4, 0.5) is 5.13 Å². The fraction of sp³-hybridized carbons (Fsp3) is 0.188. The van der Waals surface area contributed by atoms with Gasteiger partial charge in [-0.25, -0.2) is 13.4 Å². The van der Waals surface area contributed by atoms with E-state index >= 15 is 0 Å². The van der Waals surface area contributed by atoms with E-state index in [0.29, 0.717) is 10.2 Å². The molecule has 24 heavy (non-hydrogen) atoms. The molecule has 126 valence electrons. The van der Waals surface area contributed by atoms with E-state index < -0.39 is 10.0 Å². The molecule has 5 nitrogen and oxygen atoms in total. The van der Waals surface area contributed by atoms with Crippen molar-refractivity contribution in [2.24, 2.45) is 0 Å². The summed E-state index contributed by atoms with van der Waals surface area (Å²) in [5, 5.41) is 0.619. The van der Waals surface area contributed by atoms with Gasteiger partial charge in [0.2, 0.25) is 0 Å². The number of fused-ring (bicyclic) bond motifs is 1. The van der Waals surface area contributed by atoms with Crippen molar-refractivity contribution in [3.63, 3.8) is 0 Å². The summed E-state index contributed by atoms with van der Waals surface area (Å²) >= 11 is 7.21. The van der Waals surface area contributed by atoms with E-state index in [1.165, 1.54) is 36.1 Å². The molecule has 0 fully saturated rings. The van der Waals surface area contributed by atoms with Gasteiger partial charge in [0.05, 0.1) is 17.3 Å². The van der Waals surface area contributed by atoms with Gasteiger partial charge >= 0.3 is 0 Å². The Morgan fingerprint density at radius 1 is 1.25 bits per heavy atom. The summed E-state index contributed by atoms with van der Waals surface area (Å²) in [5.41, 5.74) is 1.94. The Hall–Kier alpha value is -1.83. The minimum Gasteiger partial charge on any atom is -0.495 e. The third-order valence-corrected chi connectivity index (χ3v) is 6.16. The lowest BCUT2D eigenvalue weighted by molar-refractivity contribution is 0.403. The summed E-state index contributed by atoms with van der Waals surface area (Å²) in [6, 6.07) is 10.3. The van der Waals surface area contributed by atoms with Crippen LogP contribution in [0.3, 0.4) is 0 Å². The molecular formula is C16H15ClN2O3S2. The van der Waals surface area contributed by atoms with Crippen molar-refractivity contribution in [2.75, 3.05) is 11.8 Å². The number of nitrogens with one attached hydrogen (secondary N) is 1. The Kier molecular flexibility index (Phi) is 4.67. The number of rotatable bonds is 5. The molecule has 0 aliphatic heterocycles. The standard InChI is InChI=1S/C16H15ClN2O3S2/c1-3-10-4-6-12-14(8-10)23-16(18-12)19-24(20,21)15-9-11(17)5-7-13(15)22-2/h4-9H,3H2,1-2H3,(H,18,19). The van der Waals surface area contributed by atoms with E-state index in [1.54, 1.807) is 6.07 Å². The third-order valence-electron chi connectivity index (χ3n) is 3.50. The van der Waals surface area contributed by atoms with Crippen LogP contribution in [0.15, 0.2) is 41.3 Å². The lowest BCUT2D eigenvalue weighted by Crippen LogP contribution is -2.13. The highest BCUT2D eigenvalue weighted by Gasteiger charge is 2.21. The minimum absolute atomic E-state index is 0.0222. The molecule has 0 spiro atoms. The van der Waals surface area contributed by atoms with Crippen molar-refractivity contribution in [1.29, 1.82) is 0 Å². The summed E-state index contributed by atoms with van der Waals surface area (Å²) in [7, 11) is -2.44. The van der Waals surface area contributed by atoms with Gasteiger partial charge in [-0.2, -0.15) is 0 Å². The molecule has 0 radical (unpaired) electrons. The summed E-state index contributed by atoms with van der Waals surface area (Å²) in [5.74, 6) is 0.223. The monoisotopic (exact) mass is 382 g/mol. The van der Waals surface area contributed by atoms with E-state index in [9.17, 15) is 8.42 Å². The molecule has 1 N–H and O–H groups in total. The number of aryl methyl sites for hydroxylation is 1. The molecule has 2 aromatic carbocycles. The van der Waals surface area contributed by atoms with Crippen LogP contribution in [0.1, 0.15) is 12.5 Å². The van der Waals surface area contributed by atoms with Crippen LogP contribution in [0.5, 0.6) is 5.75 Å². The number of hydrogen-bond acceptors (Lipinski definition) is 5. The van der Waals surface area contributed by atoms with E-state index in [1.807, 2.05) is 18.2 Å². The lowest BCUT2D eigenvalue weighted by atomic mass is 10.2. The first kappa shape index (κ1) is 17.0. The number of nitrogens with zero attached hydrogens (tertiary/aromatic N) is 1. The quantitative estimate of drug-likeness (QED) is 0.713. The molecule has 3 aromatic rings. The van der Waals surface area contributed by atoms with Crippen LogP contribution in [0, 0.1) is 0 Å². The average molecular weight is 383 g/mol. The molecule has 0 aliphatic carbocycles. The first-order valence-electron chi connectivity index (χ1n) is 7.19. The van der Waals surface area contributed by atoms with Gasteiger partial charge in [-0.3, -0.25) is 4.72 Å². The second-order valence-corrected chi connectivity index (χ2v) is 8.19. The SMILES string of the molecule is CCc1ccc2nc(NS(=O)(=O)c3cc(Cl)ccc3OC)sc2c1. The molecule has 0 saturated carbocycles. The summed E-state index contributed by atoms with van der Waals surface area (Å²) in [4.78, 5) is 4.31. The van der Waals surface area contributed by atoms with Crippen molar-refractivity contribution >= 4 is 48.3 Å². The number of ether oxygens (including phenoxy) is 1. The zero-order chi connectivity index (χ0) is 17.3. The first-order valence-corrected chi connectivity index (χ1v) is 9.86. The highest BCUT2D eigenvalue weighted by molar-refractivity contribution is 7.93. The third kappa shape index (κ3) is 3.33. The number of methoxy groups -OCH3 is 1. The largest absolute Gasteiger partial charge is 0.495 e. The van der Waals surface area contributed by atoms with Gasteiger partial charge in [0.1, 0.15) is 10.6 Å². The molecule has 0 unspecified atom stereocenters. The first-order chi connectivity index (χ1) is 11.4. The molecule has 0 aliphatic rings. The molecule has 1 heterocycles. The summed E-state index contributed by atoms with van der Waals surface area (Å²) in [6.45, 7) is 2.07. The molecule has 3 rings (SSSR count). The number of sulfonamides is 1. The zero-order valence-electron chi connectivity index (χ0n) is 13.0. The van der Waals surface area contributed by atoms with Crippen molar-refractivity contribution < 1.29 is 13.2 Å². The van der Waals surface area contributed by atoms with Gasteiger partial charge in [-0.1, -0.05) is 35.9 Å². The van der Waals surface area contributed by atoms with Crippen LogP contribution in [0.25, 0.3) is 10.2 Å². The lowest BCUT2D eigenvalue weighted by Gasteiger charge is -2.10. The van der Waals surface area contributed by atoms with Gasteiger partial charge < -0.3 is 4.74 Å². The van der Waals surface area contributed by atoms with Crippen LogP contribution in [0.2, 0.25) is 5.02 Å². The Labute approximate surface area is 149 Å². The minimum atomic E-state index is -3.85. The second kappa shape index (κ2) is 6.58. The maximum absolute atomic E-state index is 12.7. The van der Waals surface area contributed by atoms with Gasteiger partial charge in [-0.15, -0.1) is 0 Å². The maximum Gasteiger partial charge on any atom is 0.267 e. The van der Waals surface area contributed by atoms with E-state index in [4.69, 9.17) is 16.3 Å². The van der Waals surface area contributed by atoms with Gasteiger partial charge in [0, 0.05) is 5.02 Å². The van der Waals surface area contributed by atoms with Crippen LogP contribution in [-0.2, 0) is 16.4 Å². The summed E-state index contributed by atoms with van der Waals surface area (Å²) in [6.07, 6.45) is 0.911. The number of benzene rings is 2. The predicted molar refractivity (Wildman–Crippen MR) is 97.8 cm³/mol. The predicted octanol–water partition coefficient (Wildman–Crippen LogP) is 4.32. The Morgan fingerprint density at radius 3 is 2.75 bits per heavy atom. The van der Waals surface area contributed by atoms with Crippen LogP contribution < -0.4 is 9.46 Å². The number of hydrogen-bond donors (Lipinski definition) is 1. The van der Waals surface area contributed by atoms with Gasteiger partial charge in [-0.05, 0) is 42.3 Å². The van der Waals surface area contributed by atoms with Gasteiger partial charge in [0.25, 0.3) is 10.0 Å². The normalized spacial score (nSPS) is 11.6. The molecule has 8 heteroatoms. The van der Waals surface area contributed by atoms with Crippen LogP contribution in [-0.4, -0.2) is 20.5 Å². The maximum atomic E-state index is 12.7. The molecule has 0 bridgehead atoms. The fourth-order valence-electron chi connectivity index (χ4n) is 2.26. The molecule has 0 amide bonds. The number of halogens is 1. The van der Waals surface area contributed by atoms with Crippen molar-refractivity contribution in [3.8, 4) is 5.75 Å². The Balaban J connectivity index is 1.99. The van der Waals surface area contributed by atoms with Gasteiger partial charge in [0.15, 0.2) is 5.13 Å². The van der Waals surface area contributed by atoms with Crippen LogP contribution >= 0.6 is 22.9 Å². The number of aromatic nitrogens is 1. The number of thiazole rings is 1. The van der Waals surface area contributed by atoms with Crippen molar-refractivity contribution in [1.82, 2.24) is 4.98 Å². The molecule has 0 atom stereocenters. The fourth-order valence-corrected chi connectivity index (χ4v) is 4.86. The second-order valence-electron chi connectivity index (χ2n) is 5.08. The molecule has 0 saturated heterocycles. The smallest absolute Gasteiger partial charge is 0.267 e. The Bertz CT molecular complexity index is 1000. The van der Waals surface area contributed by atoms with Crippen molar-refractivity contribution in [3.05, 3.63) is 47.0 Å². The van der Waals surface area contributed by atoms with E-state index in [-0.39, 0.29) is 10.6 Å². The van der Waals surface area contributed by atoms with E-state index in [2.05, 4.69) is 16.6 Å². The average Bonchev–Trinajstić information content (AvgIpc) is 2.95. The topological polar surface area (TPSA) is 68.3 Å². The zero-order valence-corrected chi connectivity index (χ0v) is 15.4. The summed E-state index contributed by atoms with van der Waals surface area (Å²) < 4.78 is 33.9. The number of anilines is 1. The highest BCUT2D eigenvalue weighted by Crippen LogP contribution is 2.32.